The Morgan fingerprint density at radius 2 is 1.70 bits per heavy atom. The molecule has 0 fully saturated rings. The number of ether oxygens (including phenoxy) is 2. The third-order valence-electron chi connectivity index (χ3n) is 3.15. The molecule has 0 saturated heterocycles. The van der Waals surface area contributed by atoms with E-state index in [2.05, 4.69) is 11.7 Å². The molecule has 0 aromatic rings. The van der Waals surface area contributed by atoms with Crippen LogP contribution in [-0.4, -0.2) is 43.9 Å². The maximum atomic E-state index is 11.5. The first-order valence-corrected chi connectivity index (χ1v) is 9.36. The van der Waals surface area contributed by atoms with Gasteiger partial charge in [0.25, 0.3) is 10.1 Å². The van der Waals surface area contributed by atoms with Gasteiger partial charge in [0.2, 0.25) is 0 Å². The molecular weight excluding hydrogens is 324 g/mol. The Bertz CT molecular complexity index is 482. The van der Waals surface area contributed by atoms with Gasteiger partial charge in [-0.25, -0.2) is 9.59 Å². The molecule has 8 heteroatoms. The van der Waals surface area contributed by atoms with E-state index in [1.165, 1.54) is 0 Å². The molecule has 0 aromatic carbocycles. The molecule has 1 atom stereocenters. The lowest BCUT2D eigenvalue weighted by molar-refractivity contribution is -0.141. The Morgan fingerprint density at radius 1 is 1.09 bits per heavy atom. The Labute approximate surface area is 137 Å². The second kappa shape index (κ2) is 12.1. The maximum Gasteiger partial charge on any atom is 0.331 e. The Hall–Kier alpha value is -1.41. The van der Waals surface area contributed by atoms with Gasteiger partial charge < -0.3 is 9.47 Å². The van der Waals surface area contributed by atoms with Crippen LogP contribution in [0.2, 0.25) is 0 Å². The normalized spacial score (nSPS) is 13.0. The van der Waals surface area contributed by atoms with E-state index in [1.807, 2.05) is 6.92 Å². The lowest BCUT2D eigenvalue weighted by Crippen LogP contribution is -2.13. The third-order valence-corrected chi connectivity index (χ3v) is 3.96. The first-order valence-electron chi connectivity index (χ1n) is 7.75. The van der Waals surface area contributed by atoms with Crippen molar-refractivity contribution in [1.29, 1.82) is 0 Å². The molecule has 0 saturated carbocycles. The molecule has 0 aromatic heterocycles. The van der Waals surface area contributed by atoms with Gasteiger partial charge in [-0.3, -0.25) is 4.55 Å². The van der Waals surface area contributed by atoms with Crippen molar-refractivity contribution in [3.63, 3.8) is 0 Å². The fraction of sp³-hybridized carbons (Fsp3) is 0.733. The van der Waals surface area contributed by atoms with Gasteiger partial charge in [-0.05, 0) is 18.8 Å². The van der Waals surface area contributed by atoms with Crippen LogP contribution >= 0.6 is 0 Å². The lowest BCUT2D eigenvalue weighted by atomic mass is 10.0. The van der Waals surface area contributed by atoms with Crippen molar-refractivity contribution in [3.05, 3.63) is 12.2 Å². The summed E-state index contributed by atoms with van der Waals surface area (Å²) in [6.07, 6.45) is 6.00. The molecule has 0 heterocycles. The number of esters is 2. The van der Waals surface area contributed by atoms with Crippen LogP contribution in [-0.2, 0) is 29.2 Å². The number of hydrogen-bond acceptors (Lipinski definition) is 6. The first-order chi connectivity index (χ1) is 10.8. The van der Waals surface area contributed by atoms with E-state index in [1.54, 1.807) is 0 Å². The molecule has 0 radical (unpaired) electrons. The summed E-state index contributed by atoms with van der Waals surface area (Å²) in [5, 5.41) is 0. The number of carbonyl (C=O) groups is 2. The fourth-order valence-electron chi connectivity index (χ4n) is 1.74. The van der Waals surface area contributed by atoms with Crippen molar-refractivity contribution in [2.75, 3.05) is 19.0 Å². The highest BCUT2D eigenvalue weighted by Gasteiger charge is 2.09. The molecule has 0 aliphatic rings. The smallest absolute Gasteiger partial charge is 0.331 e. The van der Waals surface area contributed by atoms with E-state index in [0.29, 0.717) is 12.5 Å². The molecule has 0 aliphatic carbocycles. The standard InChI is InChI=1S/C15H26O7S/c1-3-5-7-13(4-2)12-22-15(17)9-8-14(16)21-10-6-11-23(18,19)20/h8-9,13H,3-7,10-12H2,1-2H3,(H,18,19,20)/b9-8-. The molecule has 7 nitrogen and oxygen atoms in total. The minimum atomic E-state index is -4.06. The summed E-state index contributed by atoms with van der Waals surface area (Å²) in [7, 11) is -4.06. The summed E-state index contributed by atoms with van der Waals surface area (Å²) in [6.45, 7) is 4.30. The van der Waals surface area contributed by atoms with E-state index in [0.717, 1.165) is 37.8 Å². The molecule has 0 bridgehead atoms. The maximum absolute atomic E-state index is 11.5. The number of carbonyl (C=O) groups excluding carboxylic acids is 2. The Kier molecular flexibility index (Phi) is 11.3. The average Bonchev–Trinajstić information content (AvgIpc) is 2.48. The van der Waals surface area contributed by atoms with Crippen LogP contribution in [0, 0.1) is 5.92 Å². The molecule has 0 amide bonds. The topological polar surface area (TPSA) is 107 Å². The van der Waals surface area contributed by atoms with Crippen LogP contribution in [0.4, 0.5) is 0 Å². The summed E-state index contributed by atoms with van der Waals surface area (Å²) in [5.41, 5.74) is 0. The van der Waals surface area contributed by atoms with Gasteiger partial charge in [-0.1, -0.05) is 33.1 Å². The van der Waals surface area contributed by atoms with Crippen LogP contribution in [0.5, 0.6) is 0 Å². The van der Waals surface area contributed by atoms with Gasteiger partial charge >= 0.3 is 11.9 Å². The predicted molar refractivity (Wildman–Crippen MR) is 85.4 cm³/mol. The van der Waals surface area contributed by atoms with Gasteiger partial charge in [0.1, 0.15) is 0 Å². The quantitative estimate of drug-likeness (QED) is 0.249. The zero-order chi connectivity index (χ0) is 17.7. The SMILES string of the molecule is CCCCC(CC)COC(=O)/C=C\C(=O)OCCCS(=O)(=O)O. The first kappa shape index (κ1) is 21.6. The van der Waals surface area contributed by atoms with Gasteiger partial charge in [0.05, 0.1) is 19.0 Å². The predicted octanol–water partition coefficient (Wildman–Crippen LogP) is 2.12. The zero-order valence-corrected chi connectivity index (χ0v) is 14.5. The van der Waals surface area contributed by atoms with Crippen LogP contribution < -0.4 is 0 Å². The van der Waals surface area contributed by atoms with E-state index in [-0.39, 0.29) is 13.0 Å². The van der Waals surface area contributed by atoms with Gasteiger partial charge in [-0.15, -0.1) is 0 Å². The van der Waals surface area contributed by atoms with Crippen LogP contribution in [0.15, 0.2) is 12.2 Å². The van der Waals surface area contributed by atoms with Gasteiger partial charge in [-0.2, -0.15) is 8.42 Å². The largest absolute Gasteiger partial charge is 0.462 e. The van der Waals surface area contributed by atoms with Crippen molar-refractivity contribution in [2.45, 2.75) is 46.0 Å². The van der Waals surface area contributed by atoms with Crippen LogP contribution in [0.1, 0.15) is 46.0 Å². The second-order valence-electron chi connectivity index (χ2n) is 5.19. The van der Waals surface area contributed by atoms with Crippen molar-refractivity contribution in [3.8, 4) is 0 Å². The summed E-state index contributed by atoms with van der Waals surface area (Å²) in [6, 6.07) is 0. The van der Waals surface area contributed by atoms with Crippen molar-refractivity contribution in [1.82, 2.24) is 0 Å². The minimum Gasteiger partial charge on any atom is -0.462 e. The second-order valence-corrected chi connectivity index (χ2v) is 6.76. The van der Waals surface area contributed by atoms with E-state index < -0.39 is 27.8 Å². The summed E-state index contributed by atoms with van der Waals surface area (Å²) in [5.74, 6) is -1.55. The molecule has 1 N–H and O–H groups in total. The molecule has 23 heavy (non-hydrogen) atoms. The highest BCUT2D eigenvalue weighted by molar-refractivity contribution is 7.85. The van der Waals surface area contributed by atoms with E-state index in [9.17, 15) is 18.0 Å². The molecule has 134 valence electrons. The Morgan fingerprint density at radius 3 is 2.22 bits per heavy atom. The van der Waals surface area contributed by atoms with Gasteiger partial charge in [0, 0.05) is 12.2 Å². The van der Waals surface area contributed by atoms with Crippen LogP contribution in [0.3, 0.4) is 0 Å². The summed E-state index contributed by atoms with van der Waals surface area (Å²) >= 11 is 0. The number of unbranched alkanes of at least 4 members (excludes halogenated alkanes) is 1. The molecular formula is C15H26O7S. The highest BCUT2D eigenvalue weighted by Crippen LogP contribution is 2.12. The van der Waals surface area contributed by atoms with Crippen molar-refractivity contribution >= 4 is 22.1 Å². The molecule has 0 aliphatic heterocycles. The minimum absolute atomic E-state index is 0.0154. The monoisotopic (exact) mass is 350 g/mol. The zero-order valence-electron chi connectivity index (χ0n) is 13.7. The summed E-state index contributed by atoms with van der Waals surface area (Å²) in [4.78, 5) is 22.8. The molecule has 1 unspecified atom stereocenters. The average molecular weight is 350 g/mol. The molecule has 0 rings (SSSR count). The molecule has 0 spiro atoms. The fourth-order valence-corrected chi connectivity index (χ4v) is 2.23. The van der Waals surface area contributed by atoms with Gasteiger partial charge in [0.15, 0.2) is 0 Å². The third kappa shape index (κ3) is 13.9. The van der Waals surface area contributed by atoms with Crippen molar-refractivity contribution < 1.29 is 32.0 Å². The highest BCUT2D eigenvalue weighted by atomic mass is 32.2. The number of rotatable bonds is 12. The van der Waals surface area contributed by atoms with E-state index >= 15 is 0 Å². The lowest BCUT2D eigenvalue weighted by Gasteiger charge is -2.13. The number of hydrogen-bond donors (Lipinski definition) is 1. The summed E-state index contributed by atoms with van der Waals surface area (Å²) < 4.78 is 39.1. The van der Waals surface area contributed by atoms with Crippen LogP contribution in [0.25, 0.3) is 0 Å². The van der Waals surface area contributed by atoms with E-state index in [4.69, 9.17) is 9.29 Å². The Balaban J connectivity index is 3.95. The van der Waals surface area contributed by atoms with Crippen molar-refractivity contribution in [2.24, 2.45) is 5.92 Å².